The molecule has 1 heterocycles. The molecule has 0 radical (unpaired) electrons. The Balaban J connectivity index is 2.06. The number of benzene rings is 1. The van der Waals surface area contributed by atoms with Crippen molar-refractivity contribution in [3.63, 3.8) is 0 Å². The summed E-state index contributed by atoms with van der Waals surface area (Å²) in [7, 11) is 0. The lowest BCUT2D eigenvalue weighted by Gasteiger charge is -2.26. The zero-order chi connectivity index (χ0) is 18.7. The highest BCUT2D eigenvalue weighted by Gasteiger charge is 2.32. The fourth-order valence-electron chi connectivity index (χ4n) is 2.26. The highest BCUT2D eigenvalue weighted by atomic mass is 32.1. The van der Waals surface area contributed by atoms with Crippen molar-refractivity contribution in [2.75, 3.05) is 13.1 Å². The molecular formula is C17H20F3N3OS. The number of rotatable bonds is 6. The molecule has 0 fully saturated rings. The van der Waals surface area contributed by atoms with Crippen molar-refractivity contribution in [2.24, 2.45) is 5.73 Å². The van der Waals surface area contributed by atoms with E-state index in [1.54, 1.807) is 25.3 Å². The van der Waals surface area contributed by atoms with Gasteiger partial charge in [0, 0.05) is 23.8 Å². The maximum absolute atomic E-state index is 12.9. The predicted molar refractivity (Wildman–Crippen MR) is 91.7 cm³/mol. The quantitative estimate of drug-likeness (QED) is 0.818. The van der Waals surface area contributed by atoms with Crippen LogP contribution in [-0.4, -0.2) is 24.0 Å². The second-order valence-corrected chi connectivity index (χ2v) is 7.25. The summed E-state index contributed by atoms with van der Waals surface area (Å²) >= 11 is 1.36. The van der Waals surface area contributed by atoms with Crippen LogP contribution < -0.4 is 11.1 Å². The van der Waals surface area contributed by atoms with Gasteiger partial charge in [0.05, 0.1) is 10.6 Å². The van der Waals surface area contributed by atoms with Crippen LogP contribution in [0.15, 0.2) is 29.6 Å². The van der Waals surface area contributed by atoms with E-state index in [1.165, 1.54) is 17.4 Å². The number of thiazole rings is 1. The average Bonchev–Trinajstić information content (AvgIpc) is 3.01. The average molecular weight is 371 g/mol. The van der Waals surface area contributed by atoms with Crippen LogP contribution in [0, 0.1) is 0 Å². The Bertz CT molecular complexity index is 741. The number of halogens is 3. The summed E-state index contributed by atoms with van der Waals surface area (Å²) in [6.07, 6.45) is -3.79. The molecule has 8 heteroatoms. The molecule has 0 aliphatic rings. The van der Waals surface area contributed by atoms with Crippen LogP contribution in [-0.2, 0) is 18.0 Å². The van der Waals surface area contributed by atoms with Crippen LogP contribution in [0.4, 0.5) is 13.2 Å². The standard InChI is InChI=1S/C17H20F3N3OS/c1-16(2,11-4-3-5-12(8-11)17(18,19)20)10-22-15(24)13-9-25-14(23-13)6-7-21/h3-5,8-9H,6-7,10,21H2,1-2H3,(H,22,24). The van der Waals surface area contributed by atoms with Gasteiger partial charge in [-0.25, -0.2) is 4.98 Å². The van der Waals surface area contributed by atoms with Crippen LogP contribution in [0.3, 0.4) is 0 Å². The first-order valence-corrected chi connectivity index (χ1v) is 8.62. The van der Waals surface area contributed by atoms with Gasteiger partial charge in [-0.05, 0) is 18.2 Å². The van der Waals surface area contributed by atoms with E-state index in [1.807, 2.05) is 0 Å². The minimum absolute atomic E-state index is 0.191. The van der Waals surface area contributed by atoms with E-state index in [2.05, 4.69) is 10.3 Å². The second-order valence-electron chi connectivity index (χ2n) is 6.31. The molecule has 0 spiro atoms. The number of hydrogen-bond donors (Lipinski definition) is 2. The van der Waals surface area contributed by atoms with Crippen molar-refractivity contribution in [3.05, 3.63) is 51.5 Å². The molecule has 0 aliphatic heterocycles. The lowest BCUT2D eigenvalue weighted by Crippen LogP contribution is -2.37. The molecule has 3 N–H and O–H groups in total. The monoisotopic (exact) mass is 371 g/mol. The number of carbonyl (C=O) groups is 1. The fourth-order valence-corrected chi connectivity index (χ4v) is 3.06. The summed E-state index contributed by atoms with van der Waals surface area (Å²) in [4.78, 5) is 16.4. The van der Waals surface area contributed by atoms with Gasteiger partial charge in [-0.3, -0.25) is 4.79 Å². The number of alkyl halides is 3. The Morgan fingerprint density at radius 3 is 2.60 bits per heavy atom. The Morgan fingerprint density at radius 1 is 1.28 bits per heavy atom. The Labute approximate surface area is 148 Å². The van der Waals surface area contributed by atoms with Gasteiger partial charge >= 0.3 is 6.18 Å². The van der Waals surface area contributed by atoms with Gasteiger partial charge in [0.25, 0.3) is 5.91 Å². The number of nitrogens with two attached hydrogens (primary N) is 1. The van der Waals surface area contributed by atoms with Crippen LogP contribution in [0.25, 0.3) is 0 Å². The molecule has 1 aromatic carbocycles. The van der Waals surface area contributed by atoms with E-state index in [0.29, 0.717) is 24.2 Å². The minimum Gasteiger partial charge on any atom is -0.350 e. The Kier molecular flexibility index (Phi) is 5.84. The topological polar surface area (TPSA) is 68.0 Å². The third-order valence-corrected chi connectivity index (χ3v) is 4.71. The Hall–Kier alpha value is -1.93. The molecule has 2 aromatic rings. The summed E-state index contributed by atoms with van der Waals surface area (Å²) in [6, 6.07) is 5.16. The first-order valence-electron chi connectivity index (χ1n) is 7.74. The van der Waals surface area contributed by atoms with Gasteiger partial charge in [0.2, 0.25) is 0 Å². The van der Waals surface area contributed by atoms with Gasteiger partial charge in [-0.2, -0.15) is 13.2 Å². The number of hydrogen-bond acceptors (Lipinski definition) is 4. The highest BCUT2D eigenvalue weighted by molar-refractivity contribution is 7.09. The van der Waals surface area contributed by atoms with Crippen LogP contribution in [0.2, 0.25) is 0 Å². The second kappa shape index (κ2) is 7.53. The SMILES string of the molecule is CC(C)(CNC(=O)c1csc(CCN)n1)c1cccc(C(F)(F)F)c1. The molecule has 1 aromatic heterocycles. The number of carbonyl (C=O) groups excluding carboxylic acids is 1. The molecule has 4 nitrogen and oxygen atoms in total. The largest absolute Gasteiger partial charge is 0.416 e. The molecule has 0 atom stereocenters. The molecule has 0 saturated carbocycles. The maximum Gasteiger partial charge on any atom is 0.416 e. The number of nitrogens with zero attached hydrogens (tertiary/aromatic N) is 1. The fraction of sp³-hybridized carbons (Fsp3) is 0.412. The summed E-state index contributed by atoms with van der Waals surface area (Å²) in [5.74, 6) is -0.348. The van der Waals surface area contributed by atoms with Crippen molar-refractivity contribution < 1.29 is 18.0 Å². The summed E-state index contributed by atoms with van der Waals surface area (Å²) < 4.78 is 38.6. The summed E-state index contributed by atoms with van der Waals surface area (Å²) in [5.41, 5.74) is 4.90. The molecule has 2 rings (SSSR count). The van der Waals surface area contributed by atoms with E-state index in [0.717, 1.165) is 17.1 Å². The minimum atomic E-state index is -4.39. The lowest BCUT2D eigenvalue weighted by atomic mass is 9.83. The van der Waals surface area contributed by atoms with Crippen molar-refractivity contribution in [1.82, 2.24) is 10.3 Å². The normalized spacial score (nSPS) is 12.2. The third kappa shape index (κ3) is 5.02. The number of aromatic nitrogens is 1. The van der Waals surface area contributed by atoms with Crippen molar-refractivity contribution in [1.29, 1.82) is 0 Å². The zero-order valence-electron chi connectivity index (χ0n) is 14.0. The molecule has 0 unspecified atom stereocenters. The van der Waals surface area contributed by atoms with E-state index in [4.69, 9.17) is 5.73 Å². The predicted octanol–water partition coefficient (Wildman–Crippen LogP) is 3.37. The molecule has 0 saturated heterocycles. The van der Waals surface area contributed by atoms with Gasteiger partial charge in [0.15, 0.2) is 0 Å². The smallest absolute Gasteiger partial charge is 0.350 e. The lowest BCUT2D eigenvalue weighted by molar-refractivity contribution is -0.137. The van der Waals surface area contributed by atoms with Gasteiger partial charge in [-0.1, -0.05) is 32.0 Å². The zero-order valence-corrected chi connectivity index (χ0v) is 14.8. The molecular weight excluding hydrogens is 351 g/mol. The number of nitrogens with one attached hydrogen (secondary N) is 1. The van der Waals surface area contributed by atoms with Crippen LogP contribution in [0.1, 0.15) is 40.5 Å². The van der Waals surface area contributed by atoms with Gasteiger partial charge in [-0.15, -0.1) is 11.3 Å². The number of amides is 1. The first kappa shape index (κ1) is 19.4. The molecule has 0 aliphatic carbocycles. The van der Waals surface area contributed by atoms with Crippen LogP contribution in [0.5, 0.6) is 0 Å². The van der Waals surface area contributed by atoms with Crippen molar-refractivity contribution in [2.45, 2.75) is 31.9 Å². The molecule has 1 amide bonds. The van der Waals surface area contributed by atoms with Gasteiger partial charge < -0.3 is 11.1 Å². The van der Waals surface area contributed by atoms with Crippen molar-refractivity contribution >= 4 is 17.2 Å². The maximum atomic E-state index is 12.9. The first-order chi connectivity index (χ1) is 11.6. The summed E-state index contributed by atoms with van der Waals surface area (Å²) in [6.45, 7) is 4.21. The van der Waals surface area contributed by atoms with Crippen LogP contribution >= 0.6 is 11.3 Å². The van der Waals surface area contributed by atoms with Gasteiger partial charge in [0.1, 0.15) is 5.69 Å². The Morgan fingerprint density at radius 2 is 1.96 bits per heavy atom. The molecule has 0 bridgehead atoms. The van der Waals surface area contributed by atoms with E-state index < -0.39 is 17.2 Å². The highest BCUT2D eigenvalue weighted by Crippen LogP contribution is 2.32. The van der Waals surface area contributed by atoms with E-state index in [9.17, 15) is 18.0 Å². The third-order valence-electron chi connectivity index (χ3n) is 3.80. The van der Waals surface area contributed by atoms with E-state index in [-0.39, 0.29) is 12.5 Å². The summed E-state index contributed by atoms with van der Waals surface area (Å²) in [5, 5.41) is 5.18. The molecule has 136 valence electrons. The van der Waals surface area contributed by atoms with E-state index >= 15 is 0 Å². The van der Waals surface area contributed by atoms with Crippen molar-refractivity contribution in [3.8, 4) is 0 Å². The molecule has 25 heavy (non-hydrogen) atoms.